The Bertz CT molecular complexity index is 1670. The van der Waals surface area contributed by atoms with E-state index in [1.54, 1.807) is 30.7 Å². The Kier molecular flexibility index (Phi) is 10.1. The Morgan fingerprint density at radius 1 is 0.979 bits per heavy atom. The fraction of sp³-hybridized carbons (Fsp3) is 0.400. The van der Waals surface area contributed by atoms with Crippen molar-refractivity contribution in [1.82, 2.24) is 19.9 Å². The molecule has 3 aromatic rings. The molecule has 1 aromatic heterocycles. The van der Waals surface area contributed by atoms with Gasteiger partial charge in [0.15, 0.2) is 11.5 Å². The van der Waals surface area contributed by atoms with Crippen molar-refractivity contribution in [3.8, 4) is 11.5 Å². The summed E-state index contributed by atoms with van der Waals surface area (Å²) in [6.07, 6.45) is 11.6. The lowest BCUT2D eigenvalue weighted by molar-refractivity contribution is -0.138. The second-order valence-corrected chi connectivity index (χ2v) is 12.7. The number of hydrazone groups is 1. The van der Waals surface area contributed by atoms with E-state index in [0.717, 1.165) is 46.8 Å². The molecule has 1 saturated heterocycles. The van der Waals surface area contributed by atoms with Gasteiger partial charge in [0.2, 0.25) is 5.91 Å². The Labute approximate surface area is 287 Å². The zero-order chi connectivity index (χ0) is 31.1. The summed E-state index contributed by atoms with van der Waals surface area (Å²) in [4.78, 5) is 39.6. The van der Waals surface area contributed by atoms with Gasteiger partial charge in [-0.25, -0.2) is 9.99 Å². The van der Waals surface area contributed by atoms with Crippen molar-refractivity contribution < 1.29 is 19.1 Å². The highest BCUT2D eigenvalue weighted by molar-refractivity contribution is 6.08. The summed E-state index contributed by atoms with van der Waals surface area (Å²) in [5, 5.41) is 6.66. The van der Waals surface area contributed by atoms with E-state index < -0.39 is 0 Å². The first kappa shape index (κ1) is 34.2. The zero-order valence-corrected chi connectivity index (χ0v) is 28.4. The number of ether oxygens (including phenoxy) is 2. The van der Waals surface area contributed by atoms with Gasteiger partial charge in [0.1, 0.15) is 11.4 Å². The maximum Gasteiger partial charge on any atom is 0.253 e. The van der Waals surface area contributed by atoms with Crippen molar-refractivity contribution in [3.63, 3.8) is 0 Å². The van der Waals surface area contributed by atoms with E-state index in [4.69, 9.17) is 14.6 Å². The number of carbonyl (C=O) groups excluding carboxylic acids is 2. The van der Waals surface area contributed by atoms with Gasteiger partial charge >= 0.3 is 0 Å². The minimum atomic E-state index is -0.355. The molecule has 0 saturated carbocycles. The number of nitrogens with zero attached hydrogens (tertiary/aromatic N) is 6. The Morgan fingerprint density at radius 3 is 2.38 bits per heavy atom. The number of carbonyl (C=O) groups is 2. The van der Waals surface area contributed by atoms with Crippen LogP contribution in [0.5, 0.6) is 11.5 Å². The van der Waals surface area contributed by atoms with Gasteiger partial charge in [0.25, 0.3) is 5.91 Å². The normalized spacial score (nSPS) is 21.0. The Hall–Kier alpha value is -4.15. The molecule has 7 rings (SSSR count). The second kappa shape index (κ2) is 13.9. The molecule has 4 heterocycles. The van der Waals surface area contributed by atoms with Crippen LogP contribution in [0.15, 0.2) is 72.2 Å². The van der Waals surface area contributed by atoms with Gasteiger partial charge in [-0.15, -0.1) is 24.8 Å². The van der Waals surface area contributed by atoms with Crippen molar-refractivity contribution in [2.24, 2.45) is 16.9 Å². The first-order chi connectivity index (χ1) is 21.8. The van der Waals surface area contributed by atoms with E-state index in [2.05, 4.69) is 46.9 Å². The average molecular weight is 680 g/mol. The van der Waals surface area contributed by atoms with Crippen molar-refractivity contribution >= 4 is 48.2 Å². The highest BCUT2D eigenvalue weighted by Gasteiger charge is 2.43. The number of aromatic nitrogens is 2. The Balaban J connectivity index is 0.00000217. The van der Waals surface area contributed by atoms with Gasteiger partial charge in [-0.2, -0.15) is 5.10 Å². The molecule has 2 amide bonds. The molecule has 0 radical (unpaired) electrons. The fourth-order valence-corrected chi connectivity index (χ4v) is 6.94. The molecule has 0 unspecified atom stereocenters. The summed E-state index contributed by atoms with van der Waals surface area (Å²) >= 11 is 0. The quantitative estimate of drug-likeness (QED) is 0.325. The van der Waals surface area contributed by atoms with Crippen LogP contribution < -0.4 is 14.4 Å². The minimum Gasteiger partial charge on any atom is -0.493 e. The average Bonchev–Trinajstić information content (AvgIpc) is 3.41. The first-order valence-corrected chi connectivity index (χ1v) is 15.6. The summed E-state index contributed by atoms with van der Waals surface area (Å²) in [5.74, 6) is 2.19. The van der Waals surface area contributed by atoms with Gasteiger partial charge in [0, 0.05) is 67.6 Å². The van der Waals surface area contributed by atoms with Crippen LogP contribution in [-0.2, 0) is 17.8 Å². The summed E-state index contributed by atoms with van der Waals surface area (Å²) in [6, 6.07) is 11.6. The van der Waals surface area contributed by atoms with E-state index in [9.17, 15) is 9.59 Å². The molecule has 2 aromatic carbocycles. The SMILES string of the molecule is COc1ccc(C2=NN(Cc3ccc(C(=O)N4CCN(c5cnccn5)CC4)cc3)C(=O)[C@@H]3CC=CC[C@H]23)c2c1OC(C)(C)C2.Cl.Cl. The number of hydrogen-bond acceptors (Lipinski definition) is 8. The van der Waals surface area contributed by atoms with Crippen molar-refractivity contribution in [2.45, 2.75) is 45.3 Å². The highest BCUT2D eigenvalue weighted by atomic mass is 35.5. The summed E-state index contributed by atoms with van der Waals surface area (Å²) in [5.41, 5.74) is 4.24. The third-order valence-electron chi connectivity index (χ3n) is 9.26. The van der Waals surface area contributed by atoms with Crippen molar-refractivity contribution in [1.29, 1.82) is 0 Å². The topological polar surface area (TPSA) is 100 Å². The molecule has 1 aliphatic carbocycles. The number of halogens is 2. The summed E-state index contributed by atoms with van der Waals surface area (Å²) in [7, 11) is 1.66. The number of anilines is 1. The van der Waals surface area contributed by atoms with Crippen LogP contribution in [0.1, 0.15) is 53.7 Å². The van der Waals surface area contributed by atoms with E-state index in [-0.39, 0.29) is 54.1 Å². The molecule has 2 atom stereocenters. The number of allylic oxidation sites excluding steroid dienone is 2. The van der Waals surface area contributed by atoms with Gasteiger partial charge < -0.3 is 19.3 Å². The largest absolute Gasteiger partial charge is 0.493 e. The maximum atomic E-state index is 13.8. The molecule has 248 valence electrons. The number of amides is 2. The molecule has 3 aliphatic heterocycles. The predicted molar refractivity (Wildman–Crippen MR) is 185 cm³/mol. The van der Waals surface area contributed by atoms with Crippen LogP contribution in [0.25, 0.3) is 0 Å². The molecule has 12 heteroatoms. The Morgan fingerprint density at radius 2 is 1.70 bits per heavy atom. The molecule has 10 nitrogen and oxygen atoms in total. The van der Waals surface area contributed by atoms with Crippen LogP contribution in [0.2, 0.25) is 0 Å². The van der Waals surface area contributed by atoms with Crippen molar-refractivity contribution in [3.05, 3.63) is 89.4 Å². The molecule has 47 heavy (non-hydrogen) atoms. The lowest BCUT2D eigenvalue weighted by atomic mass is 9.75. The lowest BCUT2D eigenvalue weighted by Crippen LogP contribution is -2.49. The van der Waals surface area contributed by atoms with E-state index in [1.165, 1.54) is 0 Å². The zero-order valence-electron chi connectivity index (χ0n) is 26.8. The third-order valence-corrected chi connectivity index (χ3v) is 9.26. The van der Waals surface area contributed by atoms with E-state index in [0.29, 0.717) is 50.5 Å². The molecule has 1 fully saturated rings. The minimum absolute atomic E-state index is 0. The number of fused-ring (bicyclic) bond motifs is 2. The molecule has 0 N–H and O–H groups in total. The number of benzene rings is 2. The smallest absolute Gasteiger partial charge is 0.253 e. The first-order valence-electron chi connectivity index (χ1n) is 15.6. The summed E-state index contributed by atoms with van der Waals surface area (Å²) < 4.78 is 11.9. The van der Waals surface area contributed by atoms with Gasteiger partial charge in [-0.3, -0.25) is 14.6 Å². The van der Waals surface area contributed by atoms with E-state index in [1.807, 2.05) is 35.2 Å². The molecule has 0 bridgehead atoms. The third kappa shape index (κ3) is 6.67. The highest BCUT2D eigenvalue weighted by Crippen LogP contribution is 2.46. The fourth-order valence-electron chi connectivity index (χ4n) is 6.94. The lowest BCUT2D eigenvalue weighted by Gasteiger charge is -2.37. The van der Waals surface area contributed by atoms with Gasteiger partial charge in [-0.05, 0) is 56.5 Å². The molecule has 4 aliphatic rings. The standard InChI is InChI=1S/C35H38N6O4.2ClH/c1-35(2)20-28-26(12-13-29(44-3)32(28)45-35)31-25-6-4-5-7-27(25)34(43)41(38-31)22-23-8-10-24(11-9-23)33(42)40-18-16-39(17-19-40)30-21-36-14-15-37-30;;/h4-5,8-15,21,25,27H,6-7,16-20,22H2,1-3H3;2*1H/t25-,27+;;/m0../s1. The van der Waals surface area contributed by atoms with Gasteiger partial charge in [0.05, 0.1) is 31.5 Å². The van der Waals surface area contributed by atoms with Crippen LogP contribution in [-0.4, -0.2) is 76.3 Å². The number of piperazine rings is 1. The van der Waals surface area contributed by atoms with Crippen LogP contribution in [0.3, 0.4) is 0 Å². The number of methoxy groups -OCH3 is 1. The number of hydrogen-bond donors (Lipinski definition) is 0. The molecular formula is C35H40Cl2N6O4. The van der Waals surface area contributed by atoms with Crippen LogP contribution in [0.4, 0.5) is 5.82 Å². The summed E-state index contributed by atoms with van der Waals surface area (Å²) in [6.45, 7) is 7.14. The van der Waals surface area contributed by atoms with Crippen molar-refractivity contribution in [2.75, 3.05) is 38.2 Å². The van der Waals surface area contributed by atoms with Crippen LogP contribution in [0, 0.1) is 11.8 Å². The second-order valence-electron chi connectivity index (χ2n) is 12.7. The maximum absolute atomic E-state index is 13.8. The van der Waals surface area contributed by atoms with Crippen LogP contribution >= 0.6 is 24.8 Å². The van der Waals surface area contributed by atoms with E-state index >= 15 is 0 Å². The molecular weight excluding hydrogens is 639 g/mol. The van der Waals surface area contributed by atoms with Gasteiger partial charge in [-0.1, -0.05) is 24.3 Å². The number of rotatable bonds is 6. The predicted octanol–water partition coefficient (Wildman–Crippen LogP) is 5.33. The molecule has 0 spiro atoms. The monoisotopic (exact) mass is 678 g/mol.